The molecule has 0 amide bonds. The van der Waals surface area contributed by atoms with Crippen LogP contribution in [-0.2, 0) is 6.42 Å². The zero-order chi connectivity index (χ0) is 13.7. The standard InChI is InChI=1S/C18H29N/c1-4-12-19-18-11-6-5-10-16(18)13-17-14(2)8-7-9-15(17)3/h7-9,16,18-19H,4-6,10-13H2,1-3H3. The molecular formula is C18H29N. The van der Waals surface area contributed by atoms with E-state index in [4.69, 9.17) is 0 Å². The Balaban J connectivity index is 2.06. The van der Waals surface area contributed by atoms with E-state index in [1.165, 1.54) is 56.2 Å². The van der Waals surface area contributed by atoms with Gasteiger partial charge in [-0.3, -0.25) is 0 Å². The molecule has 1 aromatic carbocycles. The summed E-state index contributed by atoms with van der Waals surface area (Å²) in [5, 5.41) is 3.78. The maximum Gasteiger partial charge on any atom is 0.00985 e. The Morgan fingerprint density at radius 1 is 1.11 bits per heavy atom. The van der Waals surface area contributed by atoms with Crippen molar-refractivity contribution < 1.29 is 0 Å². The molecule has 1 aromatic rings. The second kappa shape index (κ2) is 7.09. The maximum absolute atomic E-state index is 3.78. The summed E-state index contributed by atoms with van der Waals surface area (Å²) >= 11 is 0. The summed E-state index contributed by atoms with van der Waals surface area (Å²) in [5.41, 5.74) is 4.54. The molecule has 1 heteroatoms. The van der Waals surface area contributed by atoms with Crippen molar-refractivity contribution in [3.8, 4) is 0 Å². The van der Waals surface area contributed by atoms with Gasteiger partial charge in [0.1, 0.15) is 0 Å². The van der Waals surface area contributed by atoms with Gasteiger partial charge in [-0.25, -0.2) is 0 Å². The normalized spacial score (nSPS) is 23.5. The Morgan fingerprint density at radius 2 is 1.79 bits per heavy atom. The summed E-state index contributed by atoms with van der Waals surface area (Å²) in [7, 11) is 0. The molecule has 1 nitrogen and oxygen atoms in total. The average Bonchev–Trinajstić information content (AvgIpc) is 2.42. The highest BCUT2D eigenvalue weighted by Crippen LogP contribution is 2.29. The van der Waals surface area contributed by atoms with Crippen LogP contribution in [0.4, 0.5) is 0 Å². The second-order valence-electron chi connectivity index (χ2n) is 6.18. The van der Waals surface area contributed by atoms with Crippen molar-refractivity contribution >= 4 is 0 Å². The van der Waals surface area contributed by atoms with E-state index < -0.39 is 0 Å². The van der Waals surface area contributed by atoms with Crippen LogP contribution in [0.3, 0.4) is 0 Å². The Hall–Kier alpha value is -0.820. The van der Waals surface area contributed by atoms with Crippen LogP contribution >= 0.6 is 0 Å². The molecule has 1 aliphatic carbocycles. The van der Waals surface area contributed by atoms with E-state index in [1.54, 1.807) is 5.56 Å². The van der Waals surface area contributed by atoms with Crippen molar-refractivity contribution in [2.24, 2.45) is 5.92 Å². The smallest absolute Gasteiger partial charge is 0.00985 e. The van der Waals surface area contributed by atoms with Crippen LogP contribution in [0.15, 0.2) is 18.2 Å². The molecule has 0 aromatic heterocycles. The van der Waals surface area contributed by atoms with E-state index in [-0.39, 0.29) is 0 Å². The van der Waals surface area contributed by atoms with Gasteiger partial charge < -0.3 is 5.32 Å². The highest BCUT2D eigenvalue weighted by molar-refractivity contribution is 5.34. The molecule has 1 N–H and O–H groups in total. The van der Waals surface area contributed by atoms with E-state index in [9.17, 15) is 0 Å². The molecule has 19 heavy (non-hydrogen) atoms. The lowest BCUT2D eigenvalue weighted by molar-refractivity contribution is 0.261. The van der Waals surface area contributed by atoms with Crippen molar-refractivity contribution in [3.63, 3.8) is 0 Å². The predicted molar refractivity (Wildman–Crippen MR) is 83.7 cm³/mol. The number of aryl methyl sites for hydroxylation is 2. The second-order valence-corrected chi connectivity index (χ2v) is 6.18. The van der Waals surface area contributed by atoms with Crippen molar-refractivity contribution in [2.45, 2.75) is 65.3 Å². The van der Waals surface area contributed by atoms with Crippen LogP contribution in [0, 0.1) is 19.8 Å². The molecular weight excluding hydrogens is 230 g/mol. The Labute approximate surface area is 118 Å². The van der Waals surface area contributed by atoms with E-state index in [0.717, 1.165) is 12.0 Å². The third kappa shape index (κ3) is 3.82. The minimum atomic E-state index is 0.743. The highest BCUT2D eigenvalue weighted by Gasteiger charge is 2.25. The molecule has 1 aliphatic rings. The number of nitrogens with one attached hydrogen (secondary N) is 1. The lowest BCUT2D eigenvalue weighted by Crippen LogP contribution is -2.40. The minimum absolute atomic E-state index is 0.743. The minimum Gasteiger partial charge on any atom is -0.314 e. The molecule has 0 radical (unpaired) electrons. The lowest BCUT2D eigenvalue weighted by Gasteiger charge is -2.33. The fourth-order valence-corrected chi connectivity index (χ4v) is 3.48. The first kappa shape index (κ1) is 14.6. The predicted octanol–water partition coefficient (Wildman–Crippen LogP) is 4.40. The molecule has 106 valence electrons. The van der Waals surface area contributed by atoms with Gasteiger partial charge in [0.15, 0.2) is 0 Å². The van der Waals surface area contributed by atoms with E-state index in [0.29, 0.717) is 0 Å². The van der Waals surface area contributed by atoms with Crippen LogP contribution in [0.5, 0.6) is 0 Å². The number of hydrogen-bond acceptors (Lipinski definition) is 1. The average molecular weight is 259 g/mol. The molecule has 1 saturated carbocycles. The van der Waals surface area contributed by atoms with Gasteiger partial charge in [0.2, 0.25) is 0 Å². The topological polar surface area (TPSA) is 12.0 Å². The fourth-order valence-electron chi connectivity index (χ4n) is 3.48. The van der Waals surface area contributed by atoms with Gasteiger partial charge in [0.05, 0.1) is 0 Å². The van der Waals surface area contributed by atoms with Gasteiger partial charge in [-0.2, -0.15) is 0 Å². The first-order chi connectivity index (χ1) is 9.22. The largest absolute Gasteiger partial charge is 0.314 e. The number of benzene rings is 1. The summed E-state index contributed by atoms with van der Waals surface area (Å²) < 4.78 is 0. The van der Waals surface area contributed by atoms with Crippen molar-refractivity contribution in [1.29, 1.82) is 0 Å². The van der Waals surface area contributed by atoms with Gasteiger partial charge in [-0.05, 0) is 68.7 Å². The quantitative estimate of drug-likeness (QED) is 0.826. The Bertz CT molecular complexity index is 376. The Morgan fingerprint density at radius 3 is 2.47 bits per heavy atom. The molecule has 1 fully saturated rings. The van der Waals surface area contributed by atoms with Crippen molar-refractivity contribution in [3.05, 3.63) is 34.9 Å². The molecule has 2 rings (SSSR count). The van der Waals surface area contributed by atoms with Gasteiger partial charge in [0, 0.05) is 6.04 Å². The number of hydrogen-bond donors (Lipinski definition) is 1. The molecule has 0 bridgehead atoms. The monoisotopic (exact) mass is 259 g/mol. The van der Waals surface area contributed by atoms with E-state index in [1.807, 2.05) is 0 Å². The van der Waals surface area contributed by atoms with Crippen molar-refractivity contribution in [2.75, 3.05) is 6.54 Å². The molecule has 0 heterocycles. The van der Waals surface area contributed by atoms with Gasteiger partial charge >= 0.3 is 0 Å². The Kier molecular flexibility index (Phi) is 5.45. The van der Waals surface area contributed by atoms with Crippen LogP contribution in [0.1, 0.15) is 55.7 Å². The zero-order valence-electron chi connectivity index (χ0n) is 12.8. The third-order valence-electron chi connectivity index (χ3n) is 4.68. The van der Waals surface area contributed by atoms with Gasteiger partial charge in [0.25, 0.3) is 0 Å². The molecule has 2 atom stereocenters. The van der Waals surface area contributed by atoms with Crippen LogP contribution in [-0.4, -0.2) is 12.6 Å². The molecule has 0 saturated heterocycles. The summed E-state index contributed by atoms with van der Waals surface area (Å²) in [6, 6.07) is 7.45. The third-order valence-corrected chi connectivity index (χ3v) is 4.68. The van der Waals surface area contributed by atoms with Gasteiger partial charge in [-0.15, -0.1) is 0 Å². The van der Waals surface area contributed by atoms with Crippen LogP contribution in [0.25, 0.3) is 0 Å². The lowest BCUT2D eigenvalue weighted by atomic mass is 9.79. The summed E-state index contributed by atoms with van der Waals surface area (Å²) in [6.45, 7) is 7.96. The van der Waals surface area contributed by atoms with Gasteiger partial charge in [-0.1, -0.05) is 38.0 Å². The molecule has 0 spiro atoms. The van der Waals surface area contributed by atoms with E-state index in [2.05, 4.69) is 44.3 Å². The summed E-state index contributed by atoms with van der Waals surface area (Å²) in [4.78, 5) is 0. The first-order valence-corrected chi connectivity index (χ1v) is 8.00. The van der Waals surface area contributed by atoms with E-state index >= 15 is 0 Å². The fraction of sp³-hybridized carbons (Fsp3) is 0.667. The summed E-state index contributed by atoms with van der Waals surface area (Å²) in [5.74, 6) is 0.833. The highest BCUT2D eigenvalue weighted by atomic mass is 14.9. The summed E-state index contributed by atoms with van der Waals surface area (Å²) in [6.07, 6.45) is 8.10. The maximum atomic E-state index is 3.78. The zero-order valence-corrected chi connectivity index (χ0v) is 12.8. The van der Waals surface area contributed by atoms with Crippen LogP contribution < -0.4 is 5.32 Å². The number of rotatable bonds is 5. The molecule has 2 unspecified atom stereocenters. The van der Waals surface area contributed by atoms with Crippen LogP contribution in [0.2, 0.25) is 0 Å². The van der Waals surface area contributed by atoms with Crippen molar-refractivity contribution in [1.82, 2.24) is 5.32 Å². The first-order valence-electron chi connectivity index (χ1n) is 8.00. The SMILES string of the molecule is CCCNC1CCCCC1Cc1c(C)cccc1C. The molecule has 0 aliphatic heterocycles.